The highest BCUT2D eigenvalue weighted by Gasteiger charge is 2.14. The monoisotopic (exact) mass is 410 g/mol. The Morgan fingerprint density at radius 1 is 0.793 bits per heavy atom. The summed E-state index contributed by atoms with van der Waals surface area (Å²) in [6.07, 6.45) is 0. The molecule has 0 aromatic heterocycles. The van der Waals surface area contributed by atoms with Crippen LogP contribution in [0.25, 0.3) is 0 Å². The number of rotatable bonds is 7. The first-order chi connectivity index (χ1) is 13.8. The number of para-hydroxylation sites is 1. The van der Waals surface area contributed by atoms with Gasteiger partial charge >= 0.3 is 0 Å². The van der Waals surface area contributed by atoms with Gasteiger partial charge in [-0.25, -0.2) is 13.6 Å². The lowest BCUT2D eigenvalue weighted by atomic mass is 10.2. The Morgan fingerprint density at radius 3 is 1.90 bits per heavy atom. The van der Waals surface area contributed by atoms with E-state index in [2.05, 4.69) is 16.0 Å². The highest BCUT2D eigenvalue weighted by Crippen LogP contribution is 2.19. The molecule has 0 saturated heterocycles. The minimum Gasteiger partial charge on any atom is -0.374 e. The summed E-state index contributed by atoms with van der Waals surface area (Å²) in [6.45, 7) is 1.74. The quantitative estimate of drug-likeness (QED) is 0.476. The molecule has 0 radical (unpaired) electrons. The molecule has 3 rings (SSSR count). The van der Waals surface area contributed by atoms with E-state index in [0.717, 1.165) is 17.1 Å². The maximum atomic E-state index is 12.4. The third kappa shape index (κ3) is 5.81. The molecule has 1 unspecified atom stereocenters. The van der Waals surface area contributed by atoms with Crippen LogP contribution >= 0.6 is 0 Å². The number of sulfonamides is 1. The van der Waals surface area contributed by atoms with Gasteiger partial charge in [0.05, 0.1) is 4.90 Å². The third-order valence-electron chi connectivity index (χ3n) is 4.17. The van der Waals surface area contributed by atoms with Gasteiger partial charge in [0.1, 0.15) is 6.04 Å². The number of carbonyl (C=O) groups excluding carboxylic acids is 1. The molecule has 0 aliphatic heterocycles. The third-order valence-corrected chi connectivity index (χ3v) is 5.10. The first-order valence-electron chi connectivity index (χ1n) is 8.94. The standard InChI is InChI=1S/C21H22N4O3S/c1-15(21(26)25-19-11-13-20(14-12-19)29(22,27)28)23-17-7-9-18(10-8-17)24-16-5-3-2-4-6-16/h2-15,23-24H,1H3,(H,25,26)(H2,22,27,28). The molecule has 150 valence electrons. The number of benzene rings is 3. The van der Waals surface area contributed by atoms with Crippen LogP contribution in [0.15, 0.2) is 83.8 Å². The normalized spacial score (nSPS) is 12.1. The lowest BCUT2D eigenvalue weighted by Crippen LogP contribution is -2.31. The maximum absolute atomic E-state index is 12.4. The highest BCUT2D eigenvalue weighted by molar-refractivity contribution is 7.89. The molecule has 8 heteroatoms. The van der Waals surface area contributed by atoms with Crippen LogP contribution in [-0.4, -0.2) is 20.4 Å². The molecule has 0 aliphatic carbocycles. The van der Waals surface area contributed by atoms with Crippen LogP contribution in [0.4, 0.5) is 22.7 Å². The second-order valence-corrected chi connectivity index (χ2v) is 8.05. The predicted octanol–water partition coefficient (Wildman–Crippen LogP) is 3.52. The molecule has 1 amide bonds. The molecule has 0 saturated carbocycles. The fourth-order valence-electron chi connectivity index (χ4n) is 2.63. The van der Waals surface area contributed by atoms with Gasteiger partial charge in [0.2, 0.25) is 15.9 Å². The summed E-state index contributed by atoms with van der Waals surface area (Å²) in [5.41, 5.74) is 3.22. The number of primary sulfonamides is 1. The van der Waals surface area contributed by atoms with Gasteiger partial charge < -0.3 is 16.0 Å². The second kappa shape index (κ2) is 8.76. The molecular formula is C21H22N4O3S. The number of nitrogens with two attached hydrogens (primary N) is 1. The molecule has 1 atom stereocenters. The van der Waals surface area contributed by atoms with Crippen molar-refractivity contribution in [3.05, 3.63) is 78.9 Å². The van der Waals surface area contributed by atoms with Crippen molar-refractivity contribution in [1.29, 1.82) is 0 Å². The van der Waals surface area contributed by atoms with Crippen LogP contribution in [0.5, 0.6) is 0 Å². The van der Waals surface area contributed by atoms with Gasteiger partial charge in [0.15, 0.2) is 0 Å². The Morgan fingerprint density at radius 2 is 1.31 bits per heavy atom. The Labute approximate surface area is 170 Å². The first-order valence-corrected chi connectivity index (χ1v) is 10.5. The number of nitrogens with one attached hydrogen (secondary N) is 3. The molecule has 0 spiro atoms. The van der Waals surface area contributed by atoms with Gasteiger partial charge in [-0.05, 0) is 67.6 Å². The predicted molar refractivity (Wildman–Crippen MR) is 116 cm³/mol. The van der Waals surface area contributed by atoms with Crippen LogP contribution in [0, 0.1) is 0 Å². The largest absolute Gasteiger partial charge is 0.374 e. The Hall–Kier alpha value is -3.36. The van der Waals surface area contributed by atoms with Gasteiger partial charge in [-0.1, -0.05) is 18.2 Å². The summed E-state index contributed by atoms with van der Waals surface area (Å²) in [4.78, 5) is 12.4. The van der Waals surface area contributed by atoms with Crippen LogP contribution in [0.1, 0.15) is 6.92 Å². The van der Waals surface area contributed by atoms with Gasteiger partial charge in [-0.2, -0.15) is 0 Å². The van der Waals surface area contributed by atoms with Crippen LogP contribution in [-0.2, 0) is 14.8 Å². The van der Waals surface area contributed by atoms with E-state index in [4.69, 9.17) is 5.14 Å². The van der Waals surface area contributed by atoms with E-state index >= 15 is 0 Å². The Kier molecular flexibility index (Phi) is 6.16. The summed E-state index contributed by atoms with van der Waals surface area (Å²) >= 11 is 0. The van der Waals surface area contributed by atoms with Crippen molar-refractivity contribution < 1.29 is 13.2 Å². The molecular weight excluding hydrogens is 388 g/mol. The van der Waals surface area contributed by atoms with Crippen LogP contribution in [0.2, 0.25) is 0 Å². The van der Waals surface area contributed by atoms with Crippen molar-refractivity contribution in [3.63, 3.8) is 0 Å². The summed E-state index contributed by atoms with van der Waals surface area (Å²) in [5, 5.41) is 14.2. The highest BCUT2D eigenvalue weighted by atomic mass is 32.2. The molecule has 0 aliphatic rings. The number of amides is 1. The molecule has 0 bridgehead atoms. The Bertz CT molecular complexity index is 1070. The van der Waals surface area contributed by atoms with Crippen LogP contribution < -0.4 is 21.1 Å². The second-order valence-electron chi connectivity index (χ2n) is 6.49. The fraction of sp³-hybridized carbons (Fsp3) is 0.0952. The summed E-state index contributed by atoms with van der Waals surface area (Å²) in [5.74, 6) is -0.250. The van der Waals surface area contributed by atoms with E-state index in [1.54, 1.807) is 6.92 Å². The molecule has 3 aromatic carbocycles. The lowest BCUT2D eigenvalue weighted by molar-refractivity contribution is -0.116. The Balaban J connectivity index is 1.56. The van der Waals surface area contributed by atoms with Crippen molar-refractivity contribution in [2.45, 2.75) is 17.9 Å². The van der Waals surface area contributed by atoms with Crippen molar-refractivity contribution in [2.75, 3.05) is 16.0 Å². The smallest absolute Gasteiger partial charge is 0.246 e. The molecule has 0 heterocycles. The van der Waals surface area contributed by atoms with Gasteiger partial charge in [-0.15, -0.1) is 0 Å². The summed E-state index contributed by atoms with van der Waals surface area (Å²) < 4.78 is 22.6. The maximum Gasteiger partial charge on any atom is 0.246 e. The van der Waals surface area contributed by atoms with Crippen molar-refractivity contribution >= 4 is 38.7 Å². The fourth-order valence-corrected chi connectivity index (χ4v) is 3.15. The van der Waals surface area contributed by atoms with Crippen LogP contribution in [0.3, 0.4) is 0 Å². The SMILES string of the molecule is CC(Nc1ccc(Nc2ccccc2)cc1)C(=O)Nc1ccc(S(N)(=O)=O)cc1. The molecule has 5 N–H and O–H groups in total. The van der Waals surface area contributed by atoms with Crippen molar-refractivity contribution in [3.8, 4) is 0 Å². The molecule has 29 heavy (non-hydrogen) atoms. The summed E-state index contributed by atoms with van der Waals surface area (Å²) in [6, 6.07) is 22.6. The van der Waals surface area contributed by atoms with E-state index in [1.165, 1.54) is 24.3 Å². The minimum absolute atomic E-state index is 0.00845. The van der Waals surface area contributed by atoms with Gasteiger partial charge in [0, 0.05) is 22.7 Å². The van der Waals surface area contributed by atoms with E-state index in [1.807, 2.05) is 54.6 Å². The van der Waals surface area contributed by atoms with E-state index in [0.29, 0.717) is 5.69 Å². The topological polar surface area (TPSA) is 113 Å². The van der Waals surface area contributed by atoms with E-state index in [9.17, 15) is 13.2 Å². The zero-order valence-electron chi connectivity index (χ0n) is 15.8. The van der Waals surface area contributed by atoms with Crippen molar-refractivity contribution in [1.82, 2.24) is 0 Å². The van der Waals surface area contributed by atoms with E-state index < -0.39 is 16.1 Å². The van der Waals surface area contributed by atoms with Gasteiger partial charge in [-0.3, -0.25) is 4.79 Å². The minimum atomic E-state index is -3.76. The average molecular weight is 410 g/mol. The zero-order valence-corrected chi connectivity index (χ0v) is 16.6. The number of carbonyl (C=O) groups is 1. The zero-order chi connectivity index (χ0) is 20.9. The van der Waals surface area contributed by atoms with E-state index in [-0.39, 0.29) is 10.8 Å². The van der Waals surface area contributed by atoms with Crippen molar-refractivity contribution in [2.24, 2.45) is 5.14 Å². The number of anilines is 4. The summed E-state index contributed by atoms with van der Waals surface area (Å²) in [7, 11) is -3.76. The number of hydrogen-bond acceptors (Lipinski definition) is 5. The average Bonchev–Trinajstić information content (AvgIpc) is 2.70. The molecule has 3 aromatic rings. The number of hydrogen-bond donors (Lipinski definition) is 4. The lowest BCUT2D eigenvalue weighted by Gasteiger charge is -2.16. The molecule has 0 fully saturated rings. The first kappa shape index (κ1) is 20.4. The molecule has 7 nitrogen and oxygen atoms in total. The van der Waals surface area contributed by atoms with Gasteiger partial charge in [0.25, 0.3) is 0 Å².